The number of carbonyl (C=O) groups is 1. The molecule has 35 heavy (non-hydrogen) atoms. The van der Waals surface area contributed by atoms with Crippen LogP contribution in [0.5, 0.6) is 5.75 Å². The summed E-state index contributed by atoms with van der Waals surface area (Å²) in [6.07, 6.45) is 0. The summed E-state index contributed by atoms with van der Waals surface area (Å²) in [5.74, 6) is -1.85. The van der Waals surface area contributed by atoms with Gasteiger partial charge in [-0.25, -0.2) is 13.6 Å². The number of carboxylic acid groups (broad SMARTS) is 1. The second kappa shape index (κ2) is 9.92. The van der Waals surface area contributed by atoms with Crippen LogP contribution in [0.25, 0.3) is 16.9 Å². The molecule has 0 amide bonds. The lowest BCUT2D eigenvalue weighted by Crippen LogP contribution is -2.12. The van der Waals surface area contributed by atoms with Gasteiger partial charge in [-0.1, -0.05) is 15.9 Å². The fourth-order valence-corrected chi connectivity index (χ4v) is 4.18. The van der Waals surface area contributed by atoms with Crippen LogP contribution in [0.4, 0.5) is 14.5 Å². The molecule has 0 unspecified atom stereocenters. The van der Waals surface area contributed by atoms with E-state index in [1.165, 1.54) is 12.1 Å². The SMILES string of the molecule is Cc1ccc(-c2cc(Br)ccc2OCc2ccc(F)cc2F)n1-c1cc(C(=O)O)cc(N(C)C)c1. The molecule has 180 valence electrons. The van der Waals surface area contributed by atoms with E-state index in [2.05, 4.69) is 15.9 Å². The van der Waals surface area contributed by atoms with Crippen molar-refractivity contribution in [3.05, 3.63) is 99.7 Å². The van der Waals surface area contributed by atoms with Crippen LogP contribution >= 0.6 is 15.9 Å². The minimum Gasteiger partial charge on any atom is -0.488 e. The van der Waals surface area contributed by atoms with Crippen molar-refractivity contribution in [2.75, 3.05) is 19.0 Å². The first-order valence-corrected chi connectivity index (χ1v) is 11.5. The summed E-state index contributed by atoms with van der Waals surface area (Å²) in [5.41, 5.74) is 4.22. The first kappa shape index (κ1) is 24.5. The van der Waals surface area contributed by atoms with E-state index >= 15 is 0 Å². The summed E-state index contributed by atoms with van der Waals surface area (Å²) in [7, 11) is 3.70. The largest absolute Gasteiger partial charge is 0.488 e. The highest BCUT2D eigenvalue weighted by Gasteiger charge is 2.18. The Morgan fingerprint density at radius 2 is 1.80 bits per heavy atom. The number of benzene rings is 3. The van der Waals surface area contributed by atoms with E-state index in [4.69, 9.17) is 4.74 Å². The Balaban J connectivity index is 1.81. The molecule has 4 rings (SSSR count). The fraction of sp³-hybridized carbons (Fsp3) is 0.148. The summed E-state index contributed by atoms with van der Waals surface area (Å²) >= 11 is 3.51. The van der Waals surface area contributed by atoms with Crippen LogP contribution in [0.3, 0.4) is 0 Å². The van der Waals surface area contributed by atoms with E-state index in [9.17, 15) is 18.7 Å². The number of halogens is 3. The summed E-state index contributed by atoms with van der Waals surface area (Å²) in [5, 5.41) is 9.66. The number of ether oxygens (including phenoxy) is 1. The number of nitrogens with zero attached hydrogens (tertiary/aromatic N) is 2. The van der Waals surface area contributed by atoms with E-state index in [0.717, 1.165) is 33.2 Å². The lowest BCUT2D eigenvalue weighted by atomic mass is 10.1. The fourth-order valence-electron chi connectivity index (χ4n) is 3.82. The summed E-state index contributed by atoms with van der Waals surface area (Å²) < 4.78 is 36.2. The third kappa shape index (κ3) is 5.22. The van der Waals surface area contributed by atoms with Gasteiger partial charge in [-0.2, -0.15) is 0 Å². The number of aromatic carboxylic acids is 1. The molecule has 0 spiro atoms. The smallest absolute Gasteiger partial charge is 0.335 e. The number of anilines is 1. The molecule has 0 aliphatic heterocycles. The first-order chi connectivity index (χ1) is 16.6. The molecular weight excluding hydrogens is 518 g/mol. The van der Waals surface area contributed by atoms with E-state index in [1.54, 1.807) is 18.2 Å². The van der Waals surface area contributed by atoms with Gasteiger partial charge in [0.05, 0.1) is 11.3 Å². The molecule has 1 N–H and O–H groups in total. The molecule has 0 saturated heterocycles. The molecule has 1 aromatic heterocycles. The minimum atomic E-state index is -1.02. The van der Waals surface area contributed by atoms with E-state index in [-0.39, 0.29) is 17.7 Å². The second-order valence-electron chi connectivity index (χ2n) is 8.30. The first-order valence-electron chi connectivity index (χ1n) is 10.7. The van der Waals surface area contributed by atoms with E-state index in [1.807, 2.05) is 60.8 Å². The zero-order valence-corrected chi connectivity index (χ0v) is 20.9. The molecule has 8 heteroatoms. The zero-order valence-electron chi connectivity index (χ0n) is 19.3. The van der Waals surface area contributed by atoms with Gasteiger partial charge in [0.15, 0.2) is 0 Å². The number of hydrogen-bond donors (Lipinski definition) is 1. The highest BCUT2D eigenvalue weighted by Crippen LogP contribution is 2.37. The van der Waals surface area contributed by atoms with Crippen molar-refractivity contribution in [2.24, 2.45) is 0 Å². The van der Waals surface area contributed by atoms with Gasteiger partial charge in [0.25, 0.3) is 0 Å². The molecule has 0 atom stereocenters. The maximum Gasteiger partial charge on any atom is 0.335 e. The van der Waals surface area contributed by atoms with E-state index < -0.39 is 17.6 Å². The average Bonchev–Trinajstić information content (AvgIpc) is 3.20. The number of aromatic nitrogens is 1. The van der Waals surface area contributed by atoms with Crippen molar-refractivity contribution in [1.82, 2.24) is 4.57 Å². The van der Waals surface area contributed by atoms with Gasteiger partial charge in [-0.05, 0) is 67.6 Å². The van der Waals surface area contributed by atoms with Crippen molar-refractivity contribution < 1.29 is 23.4 Å². The molecule has 0 saturated carbocycles. The van der Waals surface area contributed by atoms with Crippen molar-refractivity contribution >= 4 is 27.6 Å². The maximum absolute atomic E-state index is 14.2. The van der Waals surface area contributed by atoms with Crippen molar-refractivity contribution in [3.63, 3.8) is 0 Å². The predicted octanol–water partition coefficient (Wildman–Crippen LogP) is 6.84. The minimum absolute atomic E-state index is 0.0836. The molecular formula is C27H23BrF2N2O3. The number of carboxylic acids is 1. The van der Waals surface area contributed by atoms with Crippen LogP contribution in [0.15, 0.2) is 71.2 Å². The van der Waals surface area contributed by atoms with Crippen LogP contribution in [0, 0.1) is 18.6 Å². The maximum atomic E-state index is 14.2. The standard InChI is InChI=1S/C27H23BrF2N2O3/c1-16-4-8-25(32(16)22-11-18(27(33)34)10-21(14-22)31(2)3)23-12-19(28)6-9-26(23)35-15-17-5-7-20(29)13-24(17)30/h4-14H,15H2,1-3H3,(H,33,34). The Hall–Kier alpha value is -3.65. The van der Waals surface area contributed by atoms with Crippen LogP contribution in [0.1, 0.15) is 21.6 Å². The van der Waals surface area contributed by atoms with Gasteiger partial charge >= 0.3 is 5.97 Å². The Kier molecular flexibility index (Phi) is 6.93. The number of rotatable bonds is 7. The third-order valence-corrected chi connectivity index (χ3v) is 6.11. The Bertz CT molecular complexity index is 1420. The normalized spacial score (nSPS) is 10.9. The number of hydrogen-bond acceptors (Lipinski definition) is 3. The molecule has 5 nitrogen and oxygen atoms in total. The van der Waals surface area contributed by atoms with Crippen LogP contribution < -0.4 is 9.64 Å². The van der Waals surface area contributed by atoms with Gasteiger partial charge < -0.3 is 19.3 Å². The molecule has 4 aromatic rings. The van der Waals surface area contributed by atoms with Gasteiger partial charge in [0, 0.05) is 52.8 Å². The van der Waals surface area contributed by atoms with Gasteiger partial charge in [-0.15, -0.1) is 0 Å². The highest BCUT2D eigenvalue weighted by molar-refractivity contribution is 9.10. The van der Waals surface area contributed by atoms with Crippen molar-refractivity contribution in [1.29, 1.82) is 0 Å². The van der Waals surface area contributed by atoms with Crippen molar-refractivity contribution in [2.45, 2.75) is 13.5 Å². The van der Waals surface area contributed by atoms with E-state index in [0.29, 0.717) is 11.4 Å². The quantitative estimate of drug-likeness (QED) is 0.279. The Labute approximate surface area is 210 Å². The lowest BCUT2D eigenvalue weighted by molar-refractivity contribution is 0.0697. The molecule has 0 aliphatic carbocycles. The molecule has 0 bridgehead atoms. The van der Waals surface area contributed by atoms with Gasteiger partial charge in [0.2, 0.25) is 0 Å². The molecule has 1 heterocycles. The molecule has 0 fully saturated rings. The number of aryl methyl sites for hydroxylation is 1. The summed E-state index contributed by atoms with van der Waals surface area (Å²) in [6.45, 7) is 1.85. The predicted molar refractivity (Wildman–Crippen MR) is 136 cm³/mol. The zero-order chi connectivity index (χ0) is 25.3. The molecule has 0 radical (unpaired) electrons. The summed E-state index contributed by atoms with van der Waals surface area (Å²) in [4.78, 5) is 13.6. The monoisotopic (exact) mass is 540 g/mol. The Morgan fingerprint density at radius 1 is 1.03 bits per heavy atom. The average molecular weight is 541 g/mol. The topological polar surface area (TPSA) is 54.7 Å². The van der Waals surface area contributed by atoms with Gasteiger partial charge in [-0.3, -0.25) is 0 Å². The van der Waals surface area contributed by atoms with Crippen LogP contribution in [0.2, 0.25) is 0 Å². The van der Waals surface area contributed by atoms with Gasteiger partial charge in [0.1, 0.15) is 24.0 Å². The van der Waals surface area contributed by atoms with Crippen LogP contribution in [-0.2, 0) is 6.61 Å². The lowest BCUT2D eigenvalue weighted by Gasteiger charge is -2.19. The third-order valence-electron chi connectivity index (χ3n) is 5.62. The van der Waals surface area contributed by atoms with Crippen molar-refractivity contribution in [3.8, 4) is 22.7 Å². The highest BCUT2D eigenvalue weighted by atomic mass is 79.9. The second-order valence-corrected chi connectivity index (χ2v) is 9.21. The van der Waals surface area contributed by atoms with Crippen LogP contribution in [-0.4, -0.2) is 29.7 Å². The summed E-state index contributed by atoms with van der Waals surface area (Å²) in [6, 6.07) is 17.9. The Morgan fingerprint density at radius 3 is 2.49 bits per heavy atom. The molecule has 3 aromatic carbocycles. The molecule has 0 aliphatic rings.